The lowest BCUT2D eigenvalue weighted by Gasteiger charge is -2.40. The fourth-order valence-electron chi connectivity index (χ4n) is 2.83. The number of fused-ring (bicyclic) bond motifs is 1. The predicted octanol–water partition coefficient (Wildman–Crippen LogP) is 2.87. The normalized spacial score (nSPS) is 15.7. The molecule has 5 nitrogen and oxygen atoms in total. The van der Waals surface area contributed by atoms with Crippen LogP contribution in [0.3, 0.4) is 0 Å². The number of anilines is 1. The van der Waals surface area contributed by atoms with Crippen LogP contribution in [-0.4, -0.2) is 32.8 Å². The first-order chi connectivity index (χ1) is 10.1. The maximum absolute atomic E-state index is 4.53. The third kappa shape index (κ3) is 1.93. The zero-order valence-corrected chi connectivity index (χ0v) is 13.2. The van der Waals surface area contributed by atoms with Crippen molar-refractivity contribution in [2.45, 2.75) is 26.8 Å². The van der Waals surface area contributed by atoms with Crippen molar-refractivity contribution in [1.29, 1.82) is 0 Å². The van der Waals surface area contributed by atoms with E-state index in [4.69, 9.17) is 0 Å². The summed E-state index contributed by atoms with van der Waals surface area (Å²) >= 11 is 1.75. The quantitative estimate of drug-likeness (QED) is 0.730. The predicted molar refractivity (Wildman–Crippen MR) is 85.1 cm³/mol. The van der Waals surface area contributed by atoms with Gasteiger partial charge in [-0.15, -0.1) is 11.3 Å². The molecule has 1 saturated heterocycles. The summed E-state index contributed by atoms with van der Waals surface area (Å²) in [6.45, 7) is 8.31. The highest BCUT2D eigenvalue weighted by Gasteiger charge is 2.31. The molecule has 0 amide bonds. The molecule has 108 valence electrons. The summed E-state index contributed by atoms with van der Waals surface area (Å²) in [6.07, 6.45) is 5.70. The van der Waals surface area contributed by atoms with Gasteiger partial charge in [-0.25, -0.2) is 9.97 Å². The minimum absolute atomic E-state index is 0.448. The Morgan fingerprint density at radius 3 is 2.71 bits per heavy atom. The Bertz CT molecular complexity index is 813. The number of hydrogen-bond donors (Lipinski definition) is 0. The van der Waals surface area contributed by atoms with Crippen molar-refractivity contribution in [3.05, 3.63) is 34.7 Å². The van der Waals surface area contributed by atoms with Crippen molar-refractivity contribution in [1.82, 2.24) is 19.7 Å². The number of aromatic nitrogens is 4. The third-order valence-corrected chi connectivity index (χ3v) is 5.33. The van der Waals surface area contributed by atoms with E-state index in [1.807, 2.05) is 6.20 Å². The van der Waals surface area contributed by atoms with Gasteiger partial charge in [0.1, 0.15) is 17.0 Å². The molecular weight excluding hydrogens is 282 g/mol. The van der Waals surface area contributed by atoms with E-state index in [-0.39, 0.29) is 0 Å². The van der Waals surface area contributed by atoms with Crippen LogP contribution < -0.4 is 4.90 Å². The highest BCUT2D eigenvalue weighted by atomic mass is 32.1. The highest BCUT2D eigenvalue weighted by molar-refractivity contribution is 7.18. The summed E-state index contributed by atoms with van der Waals surface area (Å²) in [5, 5.41) is 5.63. The first-order valence-corrected chi connectivity index (χ1v) is 7.91. The van der Waals surface area contributed by atoms with Crippen LogP contribution in [-0.2, 0) is 0 Å². The number of hydrogen-bond acceptors (Lipinski definition) is 5. The molecule has 21 heavy (non-hydrogen) atoms. The van der Waals surface area contributed by atoms with Crippen molar-refractivity contribution in [3.63, 3.8) is 0 Å². The molecule has 0 saturated carbocycles. The van der Waals surface area contributed by atoms with Crippen molar-refractivity contribution in [2.24, 2.45) is 0 Å². The summed E-state index contributed by atoms with van der Waals surface area (Å²) in [5.74, 6) is 1.07. The van der Waals surface area contributed by atoms with Crippen molar-refractivity contribution >= 4 is 27.4 Å². The van der Waals surface area contributed by atoms with E-state index in [1.54, 1.807) is 17.7 Å². The summed E-state index contributed by atoms with van der Waals surface area (Å²) in [6, 6.07) is 0.448. The summed E-state index contributed by atoms with van der Waals surface area (Å²) < 4.78 is 2.07. The van der Waals surface area contributed by atoms with E-state index < -0.39 is 0 Å². The van der Waals surface area contributed by atoms with Crippen LogP contribution in [0.25, 0.3) is 10.2 Å². The maximum Gasteiger partial charge on any atom is 0.141 e. The molecule has 0 atom stereocenters. The van der Waals surface area contributed by atoms with E-state index in [9.17, 15) is 0 Å². The molecule has 0 N–H and O–H groups in total. The first-order valence-electron chi connectivity index (χ1n) is 7.10. The van der Waals surface area contributed by atoms with Gasteiger partial charge < -0.3 is 4.90 Å². The topological polar surface area (TPSA) is 46.8 Å². The van der Waals surface area contributed by atoms with E-state index in [2.05, 4.69) is 51.6 Å². The van der Waals surface area contributed by atoms with Crippen LogP contribution in [0.15, 0.2) is 18.7 Å². The van der Waals surface area contributed by atoms with Gasteiger partial charge in [-0.3, -0.25) is 4.68 Å². The van der Waals surface area contributed by atoms with Gasteiger partial charge in [0.05, 0.1) is 17.6 Å². The Labute approximate surface area is 127 Å². The Morgan fingerprint density at radius 1 is 1.19 bits per heavy atom. The number of nitrogens with zero attached hydrogens (tertiary/aromatic N) is 5. The molecule has 3 aromatic rings. The molecule has 3 aromatic heterocycles. The number of thiophene rings is 1. The maximum atomic E-state index is 4.53. The largest absolute Gasteiger partial charge is 0.352 e. The van der Waals surface area contributed by atoms with Crippen LogP contribution >= 0.6 is 11.3 Å². The van der Waals surface area contributed by atoms with E-state index >= 15 is 0 Å². The minimum Gasteiger partial charge on any atom is -0.352 e. The second-order valence-electron chi connectivity index (χ2n) is 5.72. The smallest absolute Gasteiger partial charge is 0.141 e. The van der Waals surface area contributed by atoms with Crippen molar-refractivity contribution in [2.75, 3.05) is 18.0 Å². The molecule has 4 heterocycles. The molecule has 0 aromatic carbocycles. The molecule has 0 spiro atoms. The lowest BCUT2D eigenvalue weighted by Crippen LogP contribution is -2.48. The van der Waals surface area contributed by atoms with Gasteiger partial charge in [0.15, 0.2) is 0 Å². The van der Waals surface area contributed by atoms with Crippen molar-refractivity contribution in [3.8, 4) is 0 Å². The molecule has 0 radical (unpaired) electrons. The average Bonchev–Trinajstić information content (AvgIpc) is 2.94. The Kier molecular flexibility index (Phi) is 2.75. The van der Waals surface area contributed by atoms with Crippen LogP contribution in [0.1, 0.15) is 22.0 Å². The van der Waals surface area contributed by atoms with Crippen LogP contribution in [0.5, 0.6) is 0 Å². The highest BCUT2D eigenvalue weighted by Crippen LogP contribution is 2.37. The third-order valence-electron chi connectivity index (χ3n) is 4.21. The number of rotatable bonds is 2. The molecule has 4 rings (SSSR count). The second kappa shape index (κ2) is 4.53. The van der Waals surface area contributed by atoms with Gasteiger partial charge in [-0.05, 0) is 31.9 Å². The Morgan fingerprint density at radius 2 is 2.00 bits per heavy atom. The first kappa shape index (κ1) is 12.8. The molecule has 1 aliphatic rings. The minimum atomic E-state index is 0.448. The zero-order chi connectivity index (χ0) is 14.6. The Hall–Kier alpha value is -1.95. The van der Waals surface area contributed by atoms with Gasteiger partial charge in [0.25, 0.3) is 0 Å². The summed E-state index contributed by atoms with van der Waals surface area (Å²) in [5.41, 5.74) is 2.52. The Balaban J connectivity index is 1.64. The van der Waals surface area contributed by atoms with E-state index in [0.717, 1.165) is 23.7 Å². The molecule has 6 heteroatoms. The SMILES string of the molecule is Cc1cnn(C2CN(c3ncnc4sc(C)c(C)c34)C2)c1. The molecule has 1 aliphatic heterocycles. The monoisotopic (exact) mass is 299 g/mol. The fourth-order valence-corrected chi connectivity index (χ4v) is 3.82. The van der Waals surface area contributed by atoms with Gasteiger partial charge in [-0.2, -0.15) is 5.10 Å². The standard InChI is InChI=1S/C15H17N5S/c1-9-4-18-20(5-9)12-6-19(7-12)14-13-10(2)11(3)21-15(13)17-8-16-14/h4-5,8,12H,6-7H2,1-3H3. The molecule has 0 bridgehead atoms. The van der Waals surface area contributed by atoms with E-state index in [0.29, 0.717) is 6.04 Å². The second-order valence-corrected chi connectivity index (χ2v) is 6.92. The zero-order valence-electron chi connectivity index (χ0n) is 12.4. The van der Waals surface area contributed by atoms with Crippen LogP contribution in [0.4, 0.5) is 5.82 Å². The van der Waals surface area contributed by atoms with Gasteiger partial charge >= 0.3 is 0 Å². The van der Waals surface area contributed by atoms with Crippen LogP contribution in [0.2, 0.25) is 0 Å². The lowest BCUT2D eigenvalue weighted by molar-refractivity contribution is 0.366. The molecule has 0 aliphatic carbocycles. The van der Waals surface area contributed by atoms with Gasteiger partial charge in [0, 0.05) is 24.2 Å². The average molecular weight is 299 g/mol. The molecular formula is C15H17N5S. The van der Waals surface area contributed by atoms with Crippen LogP contribution in [0, 0.1) is 20.8 Å². The molecule has 1 fully saturated rings. The van der Waals surface area contributed by atoms with Crippen molar-refractivity contribution < 1.29 is 0 Å². The van der Waals surface area contributed by atoms with Gasteiger partial charge in [0.2, 0.25) is 0 Å². The summed E-state index contributed by atoms with van der Waals surface area (Å²) in [7, 11) is 0. The summed E-state index contributed by atoms with van der Waals surface area (Å²) in [4.78, 5) is 13.7. The molecule has 0 unspecified atom stereocenters. The number of aryl methyl sites for hydroxylation is 3. The van der Waals surface area contributed by atoms with Gasteiger partial charge in [-0.1, -0.05) is 0 Å². The van der Waals surface area contributed by atoms with E-state index in [1.165, 1.54) is 21.4 Å². The lowest BCUT2D eigenvalue weighted by atomic mass is 10.1. The fraction of sp³-hybridized carbons (Fsp3) is 0.400.